The van der Waals surface area contributed by atoms with E-state index in [-0.39, 0.29) is 35.9 Å². The van der Waals surface area contributed by atoms with Gasteiger partial charge in [-0.3, -0.25) is 14.6 Å². The summed E-state index contributed by atoms with van der Waals surface area (Å²) in [5.74, 6) is 1.69. The van der Waals surface area contributed by atoms with E-state index in [4.69, 9.17) is 10.5 Å². The second kappa shape index (κ2) is 7.39. The molecule has 2 amide bonds. The molecule has 2 saturated carbocycles. The minimum absolute atomic E-state index is 0.0323. The molecule has 1 aromatic carbocycles. The van der Waals surface area contributed by atoms with E-state index >= 15 is 0 Å². The first-order valence-corrected chi connectivity index (χ1v) is 11.3. The summed E-state index contributed by atoms with van der Waals surface area (Å²) in [5.41, 5.74) is 7.64. The number of carbonyl (C=O) groups is 2. The Morgan fingerprint density at radius 2 is 2.03 bits per heavy atom. The van der Waals surface area contributed by atoms with Crippen LogP contribution in [0.15, 0.2) is 24.4 Å². The lowest BCUT2D eigenvalue weighted by Gasteiger charge is -2.37. The maximum absolute atomic E-state index is 13.2. The third kappa shape index (κ3) is 3.40. The Bertz CT molecular complexity index is 1050. The third-order valence-corrected chi connectivity index (χ3v) is 7.14. The fourth-order valence-electron chi connectivity index (χ4n) is 4.72. The van der Waals surface area contributed by atoms with Crippen molar-refractivity contribution in [2.75, 3.05) is 22.1 Å². The number of ether oxygens (including phenoxy) is 1. The number of aromatic nitrogens is 1. The summed E-state index contributed by atoms with van der Waals surface area (Å²) in [5, 5.41) is 1.70. The molecule has 3 fully saturated rings. The van der Waals surface area contributed by atoms with E-state index in [0.717, 1.165) is 42.1 Å². The number of amides is 2. The first-order valence-electron chi connectivity index (χ1n) is 11.3. The number of anilines is 3. The van der Waals surface area contributed by atoms with Crippen LogP contribution in [0.2, 0.25) is 0 Å². The first-order chi connectivity index (χ1) is 14.8. The molecule has 2 N–H and O–H groups in total. The SMILES string of the molecule is CC(C)[C@H]1COC(=O)N1c1cc(N)c2cnc(N(C(=O)[C@@H]3C[C@H]3C)C3CCC3)cc2c1. The summed E-state index contributed by atoms with van der Waals surface area (Å²) in [6, 6.07) is 5.92. The number of nitrogens with two attached hydrogens (primary N) is 1. The highest BCUT2D eigenvalue weighted by molar-refractivity contribution is 6.02. The molecule has 0 spiro atoms. The number of carbonyl (C=O) groups excluding carboxylic acids is 2. The molecule has 1 saturated heterocycles. The quantitative estimate of drug-likeness (QED) is 0.724. The van der Waals surface area contributed by atoms with Crippen molar-refractivity contribution in [1.82, 2.24) is 4.98 Å². The largest absolute Gasteiger partial charge is 0.447 e. The Balaban J connectivity index is 1.55. The molecule has 1 aromatic heterocycles. The van der Waals surface area contributed by atoms with Crippen LogP contribution in [0.1, 0.15) is 46.5 Å². The number of pyridine rings is 1. The number of cyclic esters (lactones) is 1. The number of fused-ring (bicyclic) bond motifs is 1. The molecule has 0 unspecified atom stereocenters. The van der Waals surface area contributed by atoms with Crippen LogP contribution in [0, 0.1) is 17.8 Å². The van der Waals surface area contributed by atoms with Crippen molar-refractivity contribution in [3.63, 3.8) is 0 Å². The minimum atomic E-state index is -0.347. The maximum atomic E-state index is 13.2. The number of benzene rings is 1. The monoisotopic (exact) mass is 422 g/mol. The lowest BCUT2D eigenvalue weighted by molar-refractivity contribution is -0.120. The molecule has 164 valence electrons. The van der Waals surface area contributed by atoms with Gasteiger partial charge in [0.1, 0.15) is 12.4 Å². The molecular formula is C24H30N4O3. The van der Waals surface area contributed by atoms with Gasteiger partial charge in [-0.2, -0.15) is 0 Å². The van der Waals surface area contributed by atoms with Crippen LogP contribution in [0.4, 0.5) is 22.0 Å². The van der Waals surface area contributed by atoms with Crippen molar-refractivity contribution < 1.29 is 14.3 Å². The second-order valence-corrected chi connectivity index (χ2v) is 9.67. The Hall–Kier alpha value is -2.83. The highest BCUT2D eigenvalue weighted by Gasteiger charge is 2.45. The molecule has 2 heterocycles. The van der Waals surface area contributed by atoms with Gasteiger partial charge in [0, 0.05) is 29.2 Å². The first kappa shape index (κ1) is 20.1. The molecule has 0 bridgehead atoms. The van der Waals surface area contributed by atoms with Crippen LogP contribution in [-0.2, 0) is 9.53 Å². The summed E-state index contributed by atoms with van der Waals surface area (Å²) in [4.78, 5) is 33.9. The minimum Gasteiger partial charge on any atom is -0.447 e. The van der Waals surface area contributed by atoms with Gasteiger partial charge in [-0.25, -0.2) is 9.78 Å². The maximum Gasteiger partial charge on any atom is 0.414 e. The zero-order valence-corrected chi connectivity index (χ0v) is 18.4. The average molecular weight is 423 g/mol. The number of nitrogens with zero attached hydrogens (tertiary/aromatic N) is 3. The van der Waals surface area contributed by atoms with Gasteiger partial charge >= 0.3 is 6.09 Å². The summed E-state index contributed by atoms with van der Waals surface area (Å²) in [7, 11) is 0. The van der Waals surface area contributed by atoms with Crippen molar-refractivity contribution in [1.29, 1.82) is 0 Å². The zero-order valence-electron chi connectivity index (χ0n) is 18.4. The van der Waals surface area contributed by atoms with Crippen LogP contribution >= 0.6 is 0 Å². The summed E-state index contributed by atoms with van der Waals surface area (Å²) in [6.07, 6.45) is 5.55. The molecule has 2 aliphatic carbocycles. The summed E-state index contributed by atoms with van der Waals surface area (Å²) in [6.45, 7) is 6.65. The number of hydrogen-bond donors (Lipinski definition) is 1. The Morgan fingerprint density at radius 1 is 1.29 bits per heavy atom. The smallest absolute Gasteiger partial charge is 0.414 e. The van der Waals surface area contributed by atoms with E-state index in [2.05, 4.69) is 25.8 Å². The highest BCUT2D eigenvalue weighted by Crippen LogP contribution is 2.42. The Labute approximate surface area is 182 Å². The molecule has 3 aliphatic rings. The van der Waals surface area contributed by atoms with Crippen LogP contribution in [0.5, 0.6) is 0 Å². The van der Waals surface area contributed by atoms with Gasteiger partial charge in [-0.05, 0) is 61.1 Å². The van der Waals surface area contributed by atoms with Crippen LogP contribution in [0.25, 0.3) is 10.8 Å². The van der Waals surface area contributed by atoms with Crippen LogP contribution < -0.4 is 15.5 Å². The fourth-order valence-corrected chi connectivity index (χ4v) is 4.72. The van der Waals surface area contributed by atoms with Crippen molar-refractivity contribution in [2.24, 2.45) is 17.8 Å². The normalized spacial score (nSPS) is 25.6. The standard InChI is InChI=1S/C24H30N4O3/c1-13(2)21-12-31-24(30)27(21)17-8-15-9-22(26-11-19(15)20(25)10-17)28(16-5-4-6-16)23(29)18-7-14(18)3/h8-11,13-14,16,18,21H,4-7,12,25H2,1-3H3/t14-,18-,21-/m1/s1. The molecule has 1 aliphatic heterocycles. The van der Waals surface area contributed by atoms with E-state index in [1.54, 1.807) is 11.1 Å². The van der Waals surface area contributed by atoms with Gasteiger partial charge in [0.2, 0.25) is 5.91 Å². The van der Waals surface area contributed by atoms with Gasteiger partial charge < -0.3 is 10.5 Å². The van der Waals surface area contributed by atoms with Crippen LogP contribution in [0.3, 0.4) is 0 Å². The molecular weight excluding hydrogens is 392 g/mol. The molecule has 3 atom stereocenters. The van der Waals surface area contributed by atoms with Gasteiger partial charge in [0.15, 0.2) is 0 Å². The molecule has 7 nitrogen and oxygen atoms in total. The van der Waals surface area contributed by atoms with Crippen molar-refractivity contribution in [2.45, 2.75) is 58.5 Å². The van der Waals surface area contributed by atoms with E-state index in [1.807, 2.05) is 23.1 Å². The lowest BCUT2D eigenvalue weighted by Crippen LogP contribution is -2.46. The van der Waals surface area contributed by atoms with E-state index < -0.39 is 0 Å². The zero-order chi connectivity index (χ0) is 21.9. The second-order valence-electron chi connectivity index (χ2n) is 9.67. The van der Waals surface area contributed by atoms with Gasteiger partial charge in [0.05, 0.1) is 11.7 Å². The number of nitrogen functional groups attached to an aromatic ring is 1. The molecule has 0 radical (unpaired) electrons. The fraction of sp³-hybridized carbons (Fsp3) is 0.542. The lowest BCUT2D eigenvalue weighted by atomic mass is 9.91. The van der Waals surface area contributed by atoms with Gasteiger partial charge in [-0.15, -0.1) is 0 Å². The van der Waals surface area contributed by atoms with Crippen molar-refractivity contribution >= 4 is 40.0 Å². The summed E-state index contributed by atoms with van der Waals surface area (Å²) < 4.78 is 5.32. The van der Waals surface area contributed by atoms with Crippen LogP contribution in [-0.4, -0.2) is 35.7 Å². The molecule has 7 heteroatoms. The molecule has 2 aromatic rings. The van der Waals surface area contributed by atoms with E-state index in [0.29, 0.717) is 24.0 Å². The molecule has 5 rings (SSSR count). The molecule has 31 heavy (non-hydrogen) atoms. The van der Waals surface area contributed by atoms with Crippen molar-refractivity contribution in [3.05, 3.63) is 24.4 Å². The number of hydrogen-bond acceptors (Lipinski definition) is 5. The average Bonchev–Trinajstić information content (AvgIpc) is 3.29. The summed E-state index contributed by atoms with van der Waals surface area (Å²) >= 11 is 0. The van der Waals surface area contributed by atoms with E-state index in [1.165, 1.54) is 0 Å². The predicted molar refractivity (Wildman–Crippen MR) is 121 cm³/mol. The predicted octanol–water partition coefficient (Wildman–Crippen LogP) is 4.34. The Morgan fingerprint density at radius 3 is 2.65 bits per heavy atom. The Kier molecular flexibility index (Phi) is 4.79. The third-order valence-electron chi connectivity index (χ3n) is 7.14. The van der Waals surface area contributed by atoms with Crippen molar-refractivity contribution in [3.8, 4) is 0 Å². The number of rotatable bonds is 5. The van der Waals surface area contributed by atoms with Gasteiger partial charge in [0.25, 0.3) is 0 Å². The highest BCUT2D eigenvalue weighted by atomic mass is 16.6. The topological polar surface area (TPSA) is 88.8 Å². The van der Waals surface area contributed by atoms with E-state index in [9.17, 15) is 9.59 Å². The van der Waals surface area contributed by atoms with Gasteiger partial charge in [-0.1, -0.05) is 20.8 Å².